The van der Waals surface area contributed by atoms with Crippen molar-refractivity contribution in [3.63, 3.8) is 0 Å². The van der Waals surface area contributed by atoms with Crippen LogP contribution in [0.5, 0.6) is 0 Å². The summed E-state index contributed by atoms with van der Waals surface area (Å²) in [4.78, 5) is 30.2. The summed E-state index contributed by atoms with van der Waals surface area (Å²) in [5, 5.41) is 6.69. The number of carbonyl (C=O) groups excluding carboxylic acids is 1. The normalized spacial score (nSPS) is 14.5. The van der Waals surface area contributed by atoms with Gasteiger partial charge in [-0.15, -0.1) is 0 Å². The molecule has 31 heavy (non-hydrogen) atoms. The second-order valence-electron chi connectivity index (χ2n) is 7.48. The van der Waals surface area contributed by atoms with Crippen LogP contribution in [0.3, 0.4) is 0 Å². The molecule has 2 N–H and O–H groups in total. The van der Waals surface area contributed by atoms with Gasteiger partial charge in [-0.05, 0) is 44.0 Å². The van der Waals surface area contributed by atoms with Crippen LogP contribution in [-0.4, -0.2) is 50.3 Å². The number of carbonyl (C=O) groups is 1. The molecule has 3 aromatic rings. The zero-order chi connectivity index (χ0) is 21.5. The van der Waals surface area contributed by atoms with Gasteiger partial charge in [-0.2, -0.15) is 0 Å². The number of likely N-dealkylation sites (tertiary alicyclic amines) is 1. The molecular formula is C23H25N7O. The molecule has 0 aromatic carbocycles. The number of hydrogen-bond acceptors (Lipinski definition) is 8. The van der Waals surface area contributed by atoms with Crippen LogP contribution in [0.4, 0.5) is 17.5 Å². The van der Waals surface area contributed by atoms with Gasteiger partial charge in [0.25, 0.3) is 0 Å². The third kappa shape index (κ3) is 5.63. The number of pyridine rings is 2. The highest BCUT2D eigenvalue weighted by Gasteiger charge is 2.17. The number of hydrogen-bond donors (Lipinski definition) is 2. The Morgan fingerprint density at radius 2 is 1.87 bits per heavy atom. The first-order valence-corrected chi connectivity index (χ1v) is 10.3. The molecule has 8 nitrogen and oxygen atoms in total. The summed E-state index contributed by atoms with van der Waals surface area (Å²) in [6.07, 6.45) is 13.4. The Morgan fingerprint density at radius 1 is 1.06 bits per heavy atom. The van der Waals surface area contributed by atoms with Crippen LogP contribution >= 0.6 is 0 Å². The number of nitrogens with zero attached hydrogens (tertiary/aromatic N) is 5. The van der Waals surface area contributed by atoms with Gasteiger partial charge in [0.2, 0.25) is 5.95 Å². The van der Waals surface area contributed by atoms with Crippen molar-refractivity contribution in [2.45, 2.75) is 25.8 Å². The minimum Gasteiger partial charge on any atom is -0.381 e. The lowest BCUT2D eigenvalue weighted by Crippen LogP contribution is -2.36. The Hall–Kier alpha value is -3.81. The quantitative estimate of drug-likeness (QED) is 0.447. The second-order valence-corrected chi connectivity index (χ2v) is 7.48. The molecule has 1 aliphatic heterocycles. The third-order valence-corrected chi connectivity index (χ3v) is 5.13. The molecule has 1 aliphatic rings. The van der Waals surface area contributed by atoms with E-state index in [1.54, 1.807) is 18.5 Å². The number of aldehydes is 1. The summed E-state index contributed by atoms with van der Waals surface area (Å²) in [7, 11) is 0. The summed E-state index contributed by atoms with van der Waals surface area (Å²) < 4.78 is 0. The van der Waals surface area contributed by atoms with Crippen LogP contribution < -0.4 is 10.6 Å². The van der Waals surface area contributed by atoms with Gasteiger partial charge < -0.3 is 15.5 Å². The molecule has 0 bridgehead atoms. The molecule has 0 atom stereocenters. The Bertz CT molecular complexity index is 1040. The summed E-state index contributed by atoms with van der Waals surface area (Å²) in [6.45, 7) is 3.79. The highest BCUT2D eigenvalue weighted by atomic mass is 16.1. The van der Waals surface area contributed by atoms with E-state index in [-0.39, 0.29) is 0 Å². The molecule has 0 unspecified atom stereocenters. The zero-order valence-electron chi connectivity index (χ0n) is 17.4. The van der Waals surface area contributed by atoms with Crippen molar-refractivity contribution in [3.05, 3.63) is 67.0 Å². The molecule has 0 amide bonds. The van der Waals surface area contributed by atoms with E-state index in [0.29, 0.717) is 17.8 Å². The predicted molar refractivity (Wildman–Crippen MR) is 121 cm³/mol. The first-order chi connectivity index (χ1) is 15.2. The summed E-state index contributed by atoms with van der Waals surface area (Å²) in [5.41, 5.74) is 3.76. The van der Waals surface area contributed by atoms with E-state index in [0.717, 1.165) is 54.7 Å². The van der Waals surface area contributed by atoms with Crippen LogP contribution in [0.25, 0.3) is 11.1 Å². The smallest absolute Gasteiger partial charge is 0.228 e. The molecule has 1 saturated heterocycles. The van der Waals surface area contributed by atoms with E-state index >= 15 is 0 Å². The van der Waals surface area contributed by atoms with E-state index < -0.39 is 0 Å². The molecule has 4 heterocycles. The lowest BCUT2D eigenvalue weighted by molar-refractivity contribution is -0.104. The summed E-state index contributed by atoms with van der Waals surface area (Å²) in [6, 6.07) is 8.21. The van der Waals surface area contributed by atoms with Crippen molar-refractivity contribution in [3.8, 4) is 11.1 Å². The maximum Gasteiger partial charge on any atom is 0.228 e. The number of aryl methyl sites for hydroxylation is 1. The Kier molecular flexibility index (Phi) is 6.47. The number of aromatic nitrogens is 4. The average molecular weight is 416 g/mol. The number of rotatable bonds is 7. The molecule has 158 valence electrons. The number of piperidine rings is 1. The van der Waals surface area contributed by atoms with Crippen molar-refractivity contribution in [1.29, 1.82) is 0 Å². The molecule has 0 spiro atoms. The van der Waals surface area contributed by atoms with Crippen molar-refractivity contribution >= 4 is 23.7 Å². The Balaban J connectivity index is 1.38. The number of allylic oxidation sites excluding steroid dienone is 1. The standard InChI is InChI=1S/C23H25N7O/c1-17-4-2-5-22(27-17)29-23-25-14-19(15-26-23)18-12-21(16-24-13-18)28-20-6-9-30(10-7-20)8-3-11-31/h2-5,8,11-16,20,28H,6-7,9-10H2,1H3,(H,25,26,27,29). The second kappa shape index (κ2) is 9.80. The van der Waals surface area contributed by atoms with Gasteiger partial charge in [-0.25, -0.2) is 15.0 Å². The Morgan fingerprint density at radius 3 is 2.61 bits per heavy atom. The molecule has 8 heteroatoms. The fraction of sp³-hybridized carbons (Fsp3) is 0.261. The lowest BCUT2D eigenvalue weighted by atomic mass is 10.0. The Labute approximate surface area is 181 Å². The van der Waals surface area contributed by atoms with Gasteiger partial charge in [0.1, 0.15) is 12.1 Å². The van der Waals surface area contributed by atoms with Crippen molar-refractivity contribution in [2.24, 2.45) is 0 Å². The predicted octanol–water partition coefficient (Wildman–Crippen LogP) is 3.57. The first kappa shape index (κ1) is 20.5. The number of nitrogens with one attached hydrogen (secondary N) is 2. The fourth-order valence-electron chi connectivity index (χ4n) is 3.53. The van der Waals surface area contributed by atoms with Crippen molar-refractivity contribution in [2.75, 3.05) is 23.7 Å². The van der Waals surface area contributed by atoms with E-state index in [2.05, 4.69) is 41.5 Å². The van der Waals surface area contributed by atoms with E-state index in [4.69, 9.17) is 0 Å². The van der Waals surface area contributed by atoms with Gasteiger partial charge in [0, 0.05) is 66.9 Å². The van der Waals surface area contributed by atoms with E-state index in [1.807, 2.05) is 43.7 Å². The van der Waals surface area contributed by atoms with Crippen LogP contribution in [0, 0.1) is 6.92 Å². The van der Waals surface area contributed by atoms with Crippen LogP contribution in [0.1, 0.15) is 18.5 Å². The highest BCUT2D eigenvalue weighted by molar-refractivity contribution is 5.66. The van der Waals surface area contributed by atoms with Gasteiger partial charge in [-0.3, -0.25) is 9.78 Å². The molecule has 1 fully saturated rings. The largest absolute Gasteiger partial charge is 0.381 e. The van der Waals surface area contributed by atoms with Crippen molar-refractivity contribution < 1.29 is 4.79 Å². The fourth-order valence-corrected chi connectivity index (χ4v) is 3.53. The first-order valence-electron chi connectivity index (χ1n) is 10.3. The summed E-state index contributed by atoms with van der Waals surface area (Å²) in [5.74, 6) is 1.22. The van der Waals surface area contributed by atoms with Crippen LogP contribution in [0.15, 0.2) is 61.3 Å². The topological polar surface area (TPSA) is 95.9 Å². The average Bonchev–Trinajstić information content (AvgIpc) is 2.79. The molecule has 0 aliphatic carbocycles. The maximum absolute atomic E-state index is 10.5. The van der Waals surface area contributed by atoms with E-state index in [1.165, 1.54) is 0 Å². The monoisotopic (exact) mass is 415 g/mol. The highest BCUT2D eigenvalue weighted by Crippen LogP contribution is 2.23. The number of anilines is 3. The molecule has 4 rings (SSSR count). The molecule has 0 radical (unpaired) electrons. The lowest BCUT2D eigenvalue weighted by Gasteiger charge is -2.32. The van der Waals surface area contributed by atoms with Crippen LogP contribution in [-0.2, 0) is 4.79 Å². The van der Waals surface area contributed by atoms with Crippen molar-refractivity contribution in [1.82, 2.24) is 24.8 Å². The van der Waals surface area contributed by atoms with Gasteiger partial charge >= 0.3 is 0 Å². The molecular weight excluding hydrogens is 390 g/mol. The minimum absolute atomic E-state index is 0.377. The molecule has 0 saturated carbocycles. The minimum atomic E-state index is 0.377. The maximum atomic E-state index is 10.5. The van der Waals surface area contributed by atoms with Gasteiger partial charge in [0.05, 0.1) is 5.69 Å². The van der Waals surface area contributed by atoms with Gasteiger partial charge in [-0.1, -0.05) is 6.07 Å². The van der Waals surface area contributed by atoms with Gasteiger partial charge in [0.15, 0.2) is 0 Å². The summed E-state index contributed by atoms with van der Waals surface area (Å²) >= 11 is 0. The zero-order valence-corrected chi connectivity index (χ0v) is 17.4. The SMILES string of the molecule is Cc1cccc(Nc2ncc(-c3cncc(NC4CCN(C=CC=O)CC4)c3)cn2)n1. The molecule has 3 aromatic heterocycles. The third-order valence-electron chi connectivity index (χ3n) is 5.13. The van der Waals surface area contributed by atoms with Crippen LogP contribution in [0.2, 0.25) is 0 Å². The van der Waals surface area contributed by atoms with E-state index in [9.17, 15) is 4.79 Å².